The highest BCUT2D eigenvalue weighted by molar-refractivity contribution is 7.80. The van der Waals surface area contributed by atoms with Gasteiger partial charge in [-0.05, 0) is 72.2 Å². The van der Waals surface area contributed by atoms with E-state index < -0.39 is 5.91 Å². The number of hydrogen-bond acceptors (Lipinski definition) is 6. The van der Waals surface area contributed by atoms with Crippen LogP contribution in [0.3, 0.4) is 0 Å². The number of thiocarbonyl (C=S) groups is 1. The van der Waals surface area contributed by atoms with Crippen LogP contribution in [0.1, 0.15) is 35.7 Å². The van der Waals surface area contributed by atoms with Gasteiger partial charge in [0.2, 0.25) is 5.89 Å². The van der Waals surface area contributed by atoms with Gasteiger partial charge in [0.05, 0.1) is 24.9 Å². The third kappa shape index (κ3) is 5.39. The van der Waals surface area contributed by atoms with E-state index in [-0.39, 0.29) is 5.11 Å². The van der Waals surface area contributed by atoms with E-state index in [2.05, 4.69) is 29.5 Å². The van der Waals surface area contributed by atoms with Crippen LogP contribution in [-0.4, -0.2) is 30.2 Å². The average molecular weight is 510 g/mol. The highest BCUT2D eigenvalue weighted by Gasteiger charge is 2.15. The predicted octanol–water partition coefficient (Wildman–Crippen LogP) is 6.42. The van der Waals surface area contributed by atoms with Crippen LogP contribution >= 0.6 is 23.8 Å². The SMILES string of the molecule is COc1ccc(C(=O)NC(=S)Nc2cc(-c3nc4cc(C(C)C)ccc4o3)ccc2OC)cc1Cl. The predicted molar refractivity (Wildman–Crippen MR) is 142 cm³/mol. The number of nitrogens with one attached hydrogen (secondary N) is 2. The Kier molecular flexibility index (Phi) is 7.23. The molecule has 0 saturated heterocycles. The molecule has 9 heteroatoms. The van der Waals surface area contributed by atoms with Crippen LogP contribution < -0.4 is 20.1 Å². The zero-order chi connectivity index (χ0) is 25.1. The lowest BCUT2D eigenvalue weighted by molar-refractivity contribution is 0.0977. The number of amides is 1. The summed E-state index contributed by atoms with van der Waals surface area (Å²) >= 11 is 11.5. The zero-order valence-corrected chi connectivity index (χ0v) is 21.2. The van der Waals surface area contributed by atoms with Crippen molar-refractivity contribution in [2.24, 2.45) is 0 Å². The lowest BCUT2D eigenvalue weighted by Gasteiger charge is -2.14. The molecular weight excluding hydrogens is 486 g/mol. The van der Waals surface area contributed by atoms with Gasteiger partial charge in [-0.15, -0.1) is 0 Å². The number of halogens is 1. The molecule has 0 radical (unpaired) electrons. The average Bonchev–Trinajstić information content (AvgIpc) is 3.27. The molecule has 0 aliphatic rings. The number of oxazole rings is 1. The summed E-state index contributed by atoms with van der Waals surface area (Å²) in [5.74, 6) is 1.46. The number of rotatable bonds is 6. The van der Waals surface area contributed by atoms with E-state index in [0.29, 0.717) is 45.2 Å². The van der Waals surface area contributed by atoms with Crippen LogP contribution in [0, 0.1) is 0 Å². The molecule has 0 aliphatic carbocycles. The largest absolute Gasteiger partial charge is 0.495 e. The summed E-state index contributed by atoms with van der Waals surface area (Å²) in [6.45, 7) is 4.27. The Hall–Kier alpha value is -3.62. The quantitative estimate of drug-likeness (QED) is 0.290. The first-order valence-electron chi connectivity index (χ1n) is 10.8. The standard InChI is InChI=1S/C26H24ClN3O4S/c1-14(2)15-5-10-23-20(12-15)28-25(34-23)17-7-9-22(33-4)19(13-17)29-26(35)30-24(31)16-6-8-21(32-3)18(27)11-16/h5-14H,1-4H3,(H2,29,30,31,35). The summed E-state index contributed by atoms with van der Waals surface area (Å²) in [7, 11) is 3.05. The van der Waals surface area contributed by atoms with E-state index in [0.717, 1.165) is 11.1 Å². The second-order valence-electron chi connectivity index (χ2n) is 8.07. The highest BCUT2D eigenvalue weighted by atomic mass is 35.5. The Morgan fingerprint density at radius 2 is 1.77 bits per heavy atom. The number of ether oxygens (including phenoxy) is 2. The van der Waals surface area contributed by atoms with Crippen molar-refractivity contribution in [3.63, 3.8) is 0 Å². The second kappa shape index (κ2) is 10.3. The molecule has 4 rings (SSSR count). The van der Waals surface area contributed by atoms with Gasteiger partial charge < -0.3 is 19.2 Å². The smallest absolute Gasteiger partial charge is 0.257 e. The summed E-state index contributed by atoms with van der Waals surface area (Å²) < 4.78 is 16.5. The molecule has 2 N–H and O–H groups in total. The summed E-state index contributed by atoms with van der Waals surface area (Å²) in [5, 5.41) is 6.08. The van der Waals surface area contributed by atoms with Crippen molar-refractivity contribution in [3.05, 3.63) is 70.7 Å². The zero-order valence-electron chi connectivity index (χ0n) is 19.6. The van der Waals surface area contributed by atoms with Gasteiger partial charge in [0.1, 0.15) is 17.0 Å². The van der Waals surface area contributed by atoms with Crippen molar-refractivity contribution in [1.29, 1.82) is 0 Å². The molecule has 1 heterocycles. The van der Waals surface area contributed by atoms with Crippen molar-refractivity contribution >= 4 is 51.6 Å². The van der Waals surface area contributed by atoms with E-state index in [9.17, 15) is 4.79 Å². The van der Waals surface area contributed by atoms with Gasteiger partial charge >= 0.3 is 0 Å². The molecule has 0 unspecified atom stereocenters. The number of aromatic nitrogens is 1. The summed E-state index contributed by atoms with van der Waals surface area (Å²) in [5.41, 5.74) is 4.30. The first-order valence-corrected chi connectivity index (χ1v) is 11.6. The summed E-state index contributed by atoms with van der Waals surface area (Å²) in [4.78, 5) is 17.3. The van der Waals surface area contributed by atoms with Gasteiger partial charge in [-0.3, -0.25) is 10.1 Å². The molecule has 1 aromatic heterocycles. The van der Waals surface area contributed by atoms with Crippen LogP contribution in [0.2, 0.25) is 5.02 Å². The molecular formula is C26H24ClN3O4S. The molecule has 1 amide bonds. The lowest BCUT2D eigenvalue weighted by atomic mass is 10.0. The van der Waals surface area contributed by atoms with Gasteiger partial charge in [0.25, 0.3) is 5.91 Å². The first kappa shape index (κ1) is 24.5. The third-order valence-corrected chi connectivity index (χ3v) is 5.91. The van der Waals surface area contributed by atoms with Crippen molar-refractivity contribution in [1.82, 2.24) is 10.3 Å². The number of methoxy groups -OCH3 is 2. The van der Waals surface area contributed by atoms with E-state index >= 15 is 0 Å². The number of fused-ring (bicyclic) bond motifs is 1. The minimum absolute atomic E-state index is 0.0940. The molecule has 7 nitrogen and oxygen atoms in total. The second-order valence-corrected chi connectivity index (χ2v) is 8.89. The molecule has 4 aromatic rings. The number of carbonyl (C=O) groups excluding carboxylic acids is 1. The van der Waals surface area contributed by atoms with Crippen LogP contribution in [0.25, 0.3) is 22.6 Å². The molecule has 0 saturated carbocycles. The van der Waals surface area contributed by atoms with Gasteiger partial charge in [-0.1, -0.05) is 31.5 Å². The highest BCUT2D eigenvalue weighted by Crippen LogP contribution is 2.33. The maximum Gasteiger partial charge on any atom is 0.257 e. The van der Waals surface area contributed by atoms with Crippen LogP contribution in [-0.2, 0) is 0 Å². The number of benzene rings is 3. The summed E-state index contributed by atoms with van der Waals surface area (Å²) in [6, 6.07) is 16.2. The van der Waals surface area contributed by atoms with E-state index in [4.69, 9.17) is 37.7 Å². The van der Waals surface area contributed by atoms with Gasteiger partial charge in [-0.2, -0.15) is 0 Å². The maximum atomic E-state index is 12.6. The third-order valence-electron chi connectivity index (χ3n) is 5.41. The van der Waals surface area contributed by atoms with Gasteiger partial charge in [0, 0.05) is 11.1 Å². The minimum Gasteiger partial charge on any atom is -0.495 e. The van der Waals surface area contributed by atoms with Crippen molar-refractivity contribution in [2.45, 2.75) is 19.8 Å². The van der Waals surface area contributed by atoms with Crippen LogP contribution in [0.5, 0.6) is 11.5 Å². The Balaban J connectivity index is 1.55. The van der Waals surface area contributed by atoms with Crippen molar-refractivity contribution < 1.29 is 18.7 Å². The Bertz CT molecular complexity index is 1420. The lowest BCUT2D eigenvalue weighted by Crippen LogP contribution is -2.34. The molecule has 0 atom stereocenters. The fraction of sp³-hybridized carbons (Fsp3) is 0.192. The molecule has 0 fully saturated rings. The fourth-order valence-corrected chi connectivity index (χ4v) is 3.96. The van der Waals surface area contributed by atoms with Crippen LogP contribution in [0.15, 0.2) is 59.0 Å². The van der Waals surface area contributed by atoms with Gasteiger partial charge in [-0.25, -0.2) is 4.98 Å². The number of anilines is 1. The maximum absolute atomic E-state index is 12.6. The normalized spacial score (nSPS) is 10.9. The Labute approximate surface area is 213 Å². The van der Waals surface area contributed by atoms with E-state index in [1.165, 1.54) is 18.7 Å². The molecule has 0 bridgehead atoms. The van der Waals surface area contributed by atoms with Crippen molar-refractivity contribution in [2.75, 3.05) is 19.5 Å². The minimum atomic E-state index is -0.415. The number of carbonyl (C=O) groups is 1. The van der Waals surface area contributed by atoms with Crippen molar-refractivity contribution in [3.8, 4) is 23.0 Å². The van der Waals surface area contributed by atoms with E-state index in [1.807, 2.05) is 24.3 Å². The first-order chi connectivity index (χ1) is 16.8. The number of hydrogen-bond donors (Lipinski definition) is 2. The Morgan fingerprint density at radius 3 is 2.46 bits per heavy atom. The molecule has 0 aliphatic heterocycles. The fourth-order valence-electron chi connectivity index (χ4n) is 3.50. The molecule has 3 aromatic carbocycles. The van der Waals surface area contributed by atoms with Gasteiger partial charge in [0.15, 0.2) is 10.7 Å². The molecule has 180 valence electrons. The monoisotopic (exact) mass is 509 g/mol. The molecule has 35 heavy (non-hydrogen) atoms. The Morgan fingerprint density at radius 1 is 1.03 bits per heavy atom. The number of nitrogens with zero attached hydrogens (tertiary/aromatic N) is 1. The van der Waals surface area contributed by atoms with E-state index in [1.54, 1.807) is 31.4 Å². The molecule has 0 spiro atoms. The summed E-state index contributed by atoms with van der Waals surface area (Å²) in [6.07, 6.45) is 0. The topological polar surface area (TPSA) is 85.6 Å². The van der Waals surface area contributed by atoms with Crippen LogP contribution in [0.4, 0.5) is 5.69 Å².